The number of rotatable bonds is 7. The summed E-state index contributed by atoms with van der Waals surface area (Å²) in [5.74, 6) is 0.975. The van der Waals surface area contributed by atoms with Crippen LogP contribution >= 0.6 is 0 Å². The number of methoxy groups -OCH3 is 2. The Bertz CT molecular complexity index is 398. The molecule has 0 saturated carbocycles. The van der Waals surface area contributed by atoms with Gasteiger partial charge in [0.15, 0.2) is 0 Å². The van der Waals surface area contributed by atoms with Gasteiger partial charge in [-0.2, -0.15) is 0 Å². The molecule has 0 radical (unpaired) electrons. The van der Waals surface area contributed by atoms with Crippen molar-refractivity contribution in [3.63, 3.8) is 0 Å². The smallest absolute Gasteiger partial charge is 0.251 e. The third-order valence-corrected chi connectivity index (χ3v) is 2.79. The second kappa shape index (κ2) is 7.63. The SMILES string of the molecule is COc1cc(OC)cc(C(=O)NC(C)CCCO)c1. The van der Waals surface area contributed by atoms with Crippen molar-refractivity contribution in [3.05, 3.63) is 23.8 Å². The molecule has 1 unspecified atom stereocenters. The molecule has 0 fully saturated rings. The van der Waals surface area contributed by atoms with Crippen LogP contribution in [0.2, 0.25) is 0 Å². The van der Waals surface area contributed by atoms with Gasteiger partial charge in [0.25, 0.3) is 5.91 Å². The first-order valence-corrected chi connectivity index (χ1v) is 6.25. The summed E-state index contributed by atoms with van der Waals surface area (Å²) in [6, 6.07) is 5.05. The van der Waals surface area contributed by atoms with Crippen LogP contribution in [0.4, 0.5) is 0 Å². The van der Waals surface area contributed by atoms with Gasteiger partial charge < -0.3 is 19.9 Å². The Balaban J connectivity index is 2.75. The fraction of sp³-hybridized carbons (Fsp3) is 0.500. The van der Waals surface area contributed by atoms with Crippen molar-refractivity contribution in [2.45, 2.75) is 25.8 Å². The highest BCUT2D eigenvalue weighted by Gasteiger charge is 2.12. The standard InChI is InChI=1S/C14H21NO4/c1-10(5-4-6-16)15-14(17)11-7-12(18-2)9-13(8-11)19-3/h7-10,16H,4-6H2,1-3H3,(H,15,17). The van der Waals surface area contributed by atoms with Crippen molar-refractivity contribution < 1.29 is 19.4 Å². The molecule has 1 amide bonds. The molecule has 0 aliphatic heterocycles. The number of hydrogen-bond acceptors (Lipinski definition) is 4. The molecule has 106 valence electrons. The number of amides is 1. The van der Waals surface area contributed by atoms with Gasteiger partial charge in [-0.1, -0.05) is 0 Å². The average Bonchev–Trinajstić information content (AvgIpc) is 2.44. The van der Waals surface area contributed by atoms with E-state index in [-0.39, 0.29) is 18.6 Å². The summed E-state index contributed by atoms with van der Waals surface area (Å²) in [6.45, 7) is 2.04. The maximum absolute atomic E-state index is 12.1. The van der Waals surface area contributed by atoms with Crippen molar-refractivity contribution in [3.8, 4) is 11.5 Å². The Hall–Kier alpha value is -1.75. The molecule has 1 rings (SSSR count). The fourth-order valence-electron chi connectivity index (χ4n) is 1.72. The van der Waals surface area contributed by atoms with Crippen molar-refractivity contribution in [1.29, 1.82) is 0 Å². The van der Waals surface area contributed by atoms with Gasteiger partial charge in [0.05, 0.1) is 14.2 Å². The average molecular weight is 267 g/mol. The van der Waals surface area contributed by atoms with Crippen molar-refractivity contribution >= 4 is 5.91 Å². The summed E-state index contributed by atoms with van der Waals surface area (Å²) >= 11 is 0. The Kier molecular flexibility index (Phi) is 6.15. The minimum absolute atomic E-state index is 0.0110. The number of benzene rings is 1. The molecule has 19 heavy (non-hydrogen) atoms. The van der Waals surface area contributed by atoms with E-state index in [1.807, 2.05) is 6.92 Å². The fourth-order valence-corrected chi connectivity index (χ4v) is 1.72. The molecule has 0 aromatic heterocycles. The maximum atomic E-state index is 12.1. The van der Waals surface area contributed by atoms with E-state index in [0.717, 1.165) is 6.42 Å². The summed E-state index contributed by atoms with van der Waals surface area (Å²) in [5.41, 5.74) is 0.493. The normalized spacial score (nSPS) is 11.8. The van der Waals surface area contributed by atoms with Gasteiger partial charge in [0, 0.05) is 24.3 Å². The van der Waals surface area contributed by atoms with Crippen LogP contribution in [0.5, 0.6) is 11.5 Å². The lowest BCUT2D eigenvalue weighted by atomic mass is 10.1. The lowest BCUT2D eigenvalue weighted by Crippen LogP contribution is -2.32. The van der Waals surface area contributed by atoms with E-state index >= 15 is 0 Å². The van der Waals surface area contributed by atoms with Gasteiger partial charge in [0.2, 0.25) is 0 Å². The maximum Gasteiger partial charge on any atom is 0.251 e. The Morgan fingerprint density at radius 2 is 1.84 bits per heavy atom. The van der Waals surface area contributed by atoms with Gasteiger partial charge in [-0.25, -0.2) is 0 Å². The van der Waals surface area contributed by atoms with Gasteiger partial charge in [-0.3, -0.25) is 4.79 Å². The molecule has 0 spiro atoms. The molecule has 5 nitrogen and oxygen atoms in total. The number of aliphatic hydroxyl groups excluding tert-OH is 1. The Morgan fingerprint density at radius 3 is 2.32 bits per heavy atom. The molecular weight excluding hydrogens is 246 g/mol. The minimum Gasteiger partial charge on any atom is -0.497 e. The predicted molar refractivity (Wildman–Crippen MR) is 72.8 cm³/mol. The molecule has 0 aliphatic carbocycles. The van der Waals surface area contributed by atoms with Crippen LogP contribution < -0.4 is 14.8 Å². The van der Waals surface area contributed by atoms with E-state index in [0.29, 0.717) is 23.5 Å². The topological polar surface area (TPSA) is 67.8 Å². The quantitative estimate of drug-likeness (QED) is 0.787. The largest absolute Gasteiger partial charge is 0.497 e. The molecule has 1 atom stereocenters. The number of hydrogen-bond donors (Lipinski definition) is 2. The number of carbonyl (C=O) groups excluding carboxylic acids is 1. The van der Waals surface area contributed by atoms with Crippen molar-refractivity contribution in [2.24, 2.45) is 0 Å². The number of aliphatic hydroxyl groups is 1. The summed E-state index contributed by atoms with van der Waals surface area (Å²) in [4.78, 5) is 12.1. The van der Waals surface area contributed by atoms with Crippen LogP contribution in [0.15, 0.2) is 18.2 Å². The van der Waals surface area contributed by atoms with E-state index in [1.165, 1.54) is 0 Å². The molecule has 5 heteroatoms. The molecule has 0 saturated heterocycles. The van der Waals surface area contributed by atoms with E-state index in [2.05, 4.69) is 5.32 Å². The van der Waals surface area contributed by atoms with Crippen molar-refractivity contribution in [1.82, 2.24) is 5.32 Å². The summed E-state index contributed by atoms with van der Waals surface area (Å²) in [5, 5.41) is 11.6. The van der Waals surface area contributed by atoms with E-state index in [1.54, 1.807) is 32.4 Å². The van der Waals surface area contributed by atoms with Crippen LogP contribution in [0.25, 0.3) is 0 Å². The zero-order valence-corrected chi connectivity index (χ0v) is 11.6. The van der Waals surface area contributed by atoms with Crippen LogP contribution in [-0.2, 0) is 0 Å². The molecule has 2 N–H and O–H groups in total. The minimum atomic E-state index is -0.178. The monoisotopic (exact) mass is 267 g/mol. The van der Waals surface area contributed by atoms with Gasteiger partial charge in [-0.15, -0.1) is 0 Å². The molecule has 1 aromatic carbocycles. The zero-order chi connectivity index (χ0) is 14.3. The highest BCUT2D eigenvalue weighted by atomic mass is 16.5. The third-order valence-electron chi connectivity index (χ3n) is 2.79. The molecule has 0 bridgehead atoms. The van der Waals surface area contributed by atoms with Crippen molar-refractivity contribution in [2.75, 3.05) is 20.8 Å². The first kappa shape index (κ1) is 15.3. The first-order chi connectivity index (χ1) is 9.10. The second-order valence-corrected chi connectivity index (χ2v) is 4.34. The molecular formula is C14H21NO4. The number of nitrogens with one attached hydrogen (secondary N) is 1. The highest BCUT2D eigenvalue weighted by Crippen LogP contribution is 2.22. The van der Waals surface area contributed by atoms with E-state index in [9.17, 15) is 4.79 Å². The lowest BCUT2D eigenvalue weighted by Gasteiger charge is -2.14. The van der Waals surface area contributed by atoms with Crippen LogP contribution in [0, 0.1) is 0 Å². The summed E-state index contributed by atoms with van der Waals surface area (Å²) in [6.07, 6.45) is 1.41. The molecule has 0 aliphatic rings. The first-order valence-electron chi connectivity index (χ1n) is 6.25. The van der Waals surface area contributed by atoms with Gasteiger partial charge >= 0.3 is 0 Å². The van der Waals surface area contributed by atoms with Crippen LogP contribution in [-0.4, -0.2) is 37.9 Å². The van der Waals surface area contributed by atoms with Crippen LogP contribution in [0.3, 0.4) is 0 Å². The van der Waals surface area contributed by atoms with Crippen LogP contribution in [0.1, 0.15) is 30.1 Å². The van der Waals surface area contributed by atoms with Gasteiger partial charge in [-0.05, 0) is 31.9 Å². The molecule has 0 heterocycles. The zero-order valence-electron chi connectivity index (χ0n) is 11.6. The second-order valence-electron chi connectivity index (χ2n) is 4.34. The molecule has 1 aromatic rings. The number of carbonyl (C=O) groups is 1. The van der Waals surface area contributed by atoms with E-state index < -0.39 is 0 Å². The highest BCUT2D eigenvalue weighted by molar-refractivity contribution is 5.95. The Morgan fingerprint density at radius 1 is 1.26 bits per heavy atom. The number of ether oxygens (including phenoxy) is 2. The Labute approximate surface area is 113 Å². The van der Waals surface area contributed by atoms with Gasteiger partial charge in [0.1, 0.15) is 11.5 Å². The van der Waals surface area contributed by atoms with E-state index in [4.69, 9.17) is 14.6 Å². The predicted octanol–water partition coefficient (Wildman–Crippen LogP) is 1.59. The summed E-state index contributed by atoms with van der Waals surface area (Å²) in [7, 11) is 3.08. The third kappa shape index (κ3) is 4.79. The summed E-state index contributed by atoms with van der Waals surface area (Å²) < 4.78 is 10.2. The lowest BCUT2D eigenvalue weighted by molar-refractivity contribution is 0.0935.